The summed E-state index contributed by atoms with van der Waals surface area (Å²) in [5, 5.41) is 19.7. The fourth-order valence-corrected chi connectivity index (χ4v) is 1.05. The van der Waals surface area contributed by atoms with Crippen molar-refractivity contribution in [3.8, 4) is 12.3 Å². The van der Waals surface area contributed by atoms with E-state index in [1.165, 1.54) is 0 Å². The molecule has 0 aliphatic carbocycles. The Labute approximate surface area is 95.5 Å². The van der Waals surface area contributed by atoms with Crippen LogP contribution in [0.5, 0.6) is 0 Å². The highest BCUT2D eigenvalue weighted by Crippen LogP contribution is 1.93. The molecular weight excluding hydrogens is 208 g/mol. The second-order valence-electron chi connectivity index (χ2n) is 2.79. The molecule has 16 heavy (non-hydrogen) atoms. The molecule has 0 unspecified atom stereocenters. The van der Waals surface area contributed by atoms with Crippen molar-refractivity contribution in [3.63, 3.8) is 0 Å². The van der Waals surface area contributed by atoms with Crippen LogP contribution in [0.1, 0.15) is 0 Å². The zero-order chi connectivity index (χ0) is 12.4. The fourth-order valence-electron chi connectivity index (χ4n) is 1.05. The van der Waals surface area contributed by atoms with Gasteiger partial charge in [-0.2, -0.15) is 0 Å². The van der Waals surface area contributed by atoms with Gasteiger partial charge in [0.05, 0.1) is 13.2 Å². The summed E-state index contributed by atoms with van der Waals surface area (Å²) in [7, 11) is 3.30. The first-order valence-corrected chi connectivity index (χ1v) is 4.87. The number of carbonyl (C=O) groups is 1. The van der Waals surface area contributed by atoms with Gasteiger partial charge in [0, 0.05) is 20.6 Å². The molecule has 5 N–H and O–H groups in total. The van der Waals surface area contributed by atoms with E-state index < -0.39 is 0 Å². The van der Waals surface area contributed by atoms with E-state index in [0.29, 0.717) is 18.1 Å². The molecule has 0 radical (unpaired) electrons. The molecule has 0 aromatic rings. The summed E-state index contributed by atoms with van der Waals surface area (Å²) in [5.41, 5.74) is 0.339. The standard InChI is InChI=1S/C10H18N4O2/c1-4-5-14-10(16)8(11-2)9(12-3)13-6-7-15/h1,11-13,15H,5-7H2,2-3H3,(H,14,16)/b9-8+. The van der Waals surface area contributed by atoms with Crippen molar-refractivity contribution < 1.29 is 9.90 Å². The number of amides is 1. The van der Waals surface area contributed by atoms with Gasteiger partial charge in [0.15, 0.2) is 0 Å². The molecule has 0 saturated carbocycles. The monoisotopic (exact) mass is 226 g/mol. The number of aliphatic hydroxyl groups excluding tert-OH is 1. The van der Waals surface area contributed by atoms with Crippen LogP contribution in [0.15, 0.2) is 11.5 Å². The highest BCUT2D eigenvalue weighted by Gasteiger charge is 2.12. The highest BCUT2D eigenvalue weighted by atomic mass is 16.3. The van der Waals surface area contributed by atoms with E-state index in [0.717, 1.165) is 0 Å². The van der Waals surface area contributed by atoms with Crippen LogP contribution < -0.4 is 21.3 Å². The molecule has 90 valence electrons. The lowest BCUT2D eigenvalue weighted by atomic mass is 10.3. The summed E-state index contributed by atoms with van der Waals surface area (Å²) < 4.78 is 0. The maximum Gasteiger partial charge on any atom is 0.271 e. The van der Waals surface area contributed by atoms with Gasteiger partial charge >= 0.3 is 0 Å². The van der Waals surface area contributed by atoms with E-state index in [1.54, 1.807) is 14.1 Å². The maximum absolute atomic E-state index is 11.6. The van der Waals surface area contributed by atoms with Crippen LogP contribution >= 0.6 is 0 Å². The third kappa shape index (κ3) is 4.57. The van der Waals surface area contributed by atoms with E-state index in [1.807, 2.05) is 0 Å². The number of nitrogens with one attached hydrogen (secondary N) is 4. The summed E-state index contributed by atoms with van der Waals surface area (Å²) in [5.74, 6) is 2.51. The van der Waals surface area contributed by atoms with Gasteiger partial charge in [-0.05, 0) is 0 Å². The summed E-state index contributed by atoms with van der Waals surface area (Å²) in [6.45, 7) is 0.499. The third-order valence-corrected chi connectivity index (χ3v) is 1.74. The Morgan fingerprint density at radius 1 is 1.31 bits per heavy atom. The summed E-state index contributed by atoms with van der Waals surface area (Å²) in [6.07, 6.45) is 5.04. The molecule has 0 saturated heterocycles. The Hall–Kier alpha value is -1.87. The molecule has 0 spiro atoms. The van der Waals surface area contributed by atoms with Crippen molar-refractivity contribution in [3.05, 3.63) is 11.5 Å². The molecule has 0 bridgehead atoms. The molecule has 6 heteroatoms. The minimum Gasteiger partial charge on any atom is -0.395 e. The van der Waals surface area contributed by atoms with Crippen LogP contribution in [-0.2, 0) is 4.79 Å². The number of carbonyl (C=O) groups excluding carboxylic acids is 1. The summed E-state index contributed by atoms with van der Waals surface area (Å²) in [4.78, 5) is 11.6. The maximum atomic E-state index is 11.6. The molecule has 0 aromatic heterocycles. The summed E-state index contributed by atoms with van der Waals surface area (Å²) >= 11 is 0. The minimum absolute atomic E-state index is 0.0197. The Morgan fingerprint density at radius 2 is 2.00 bits per heavy atom. The van der Waals surface area contributed by atoms with E-state index in [-0.39, 0.29) is 19.1 Å². The van der Waals surface area contributed by atoms with Crippen LogP contribution in [0, 0.1) is 12.3 Å². The van der Waals surface area contributed by atoms with E-state index in [9.17, 15) is 4.79 Å². The van der Waals surface area contributed by atoms with Crippen molar-refractivity contribution in [1.29, 1.82) is 0 Å². The average molecular weight is 226 g/mol. The number of aliphatic hydroxyl groups is 1. The van der Waals surface area contributed by atoms with Gasteiger partial charge in [-0.25, -0.2) is 0 Å². The third-order valence-electron chi connectivity index (χ3n) is 1.74. The average Bonchev–Trinajstić information content (AvgIpc) is 2.31. The second-order valence-corrected chi connectivity index (χ2v) is 2.79. The SMILES string of the molecule is C#CCNC(=O)/C(NC)=C(/NC)NCCO. The number of likely N-dealkylation sites (N-methyl/N-ethyl adjacent to an activating group) is 1. The largest absolute Gasteiger partial charge is 0.395 e. The van der Waals surface area contributed by atoms with Crippen LogP contribution in [-0.4, -0.2) is 44.8 Å². The Morgan fingerprint density at radius 3 is 2.44 bits per heavy atom. The first kappa shape index (κ1) is 14.1. The number of hydrogen-bond donors (Lipinski definition) is 5. The normalized spacial score (nSPS) is 10.9. The molecule has 0 atom stereocenters. The fraction of sp³-hybridized carbons (Fsp3) is 0.500. The molecule has 1 amide bonds. The molecule has 0 fully saturated rings. The van der Waals surface area contributed by atoms with Crippen molar-refractivity contribution >= 4 is 5.91 Å². The number of terminal acetylenes is 1. The predicted molar refractivity (Wildman–Crippen MR) is 62.1 cm³/mol. The van der Waals surface area contributed by atoms with Gasteiger partial charge in [0.1, 0.15) is 11.5 Å². The van der Waals surface area contributed by atoms with Gasteiger partial charge in [-0.3, -0.25) is 4.79 Å². The Bertz CT molecular complexity index is 294. The molecule has 0 rings (SSSR count). The quantitative estimate of drug-likeness (QED) is 0.254. The van der Waals surface area contributed by atoms with Gasteiger partial charge in [-0.1, -0.05) is 5.92 Å². The van der Waals surface area contributed by atoms with Crippen LogP contribution in [0.4, 0.5) is 0 Å². The second kappa shape index (κ2) is 8.44. The first-order chi connectivity index (χ1) is 7.71. The van der Waals surface area contributed by atoms with E-state index >= 15 is 0 Å². The number of hydrogen-bond acceptors (Lipinski definition) is 5. The van der Waals surface area contributed by atoms with Crippen LogP contribution in [0.3, 0.4) is 0 Å². The van der Waals surface area contributed by atoms with Gasteiger partial charge in [-0.15, -0.1) is 6.42 Å². The van der Waals surface area contributed by atoms with Crippen molar-refractivity contribution in [2.45, 2.75) is 0 Å². The lowest BCUT2D eigenvalue weighted by Crippen LogP contribution is -2.38. The minimum atomic E-state index is -0.310. The predicted octanol–water partition coefficient (Wildman–Crippen LogP) is -2.07. The molecule has 6 nitrogen and oxygen atoms in total. The zero-order valence-electron chi connectivity index (χ0n) is 9.55. The zero-order valence-corrected chi connectivity index (χ0v) is 9.55. The molecule has 0 aliphatic heterocycles. The van der Waals surface area contributed by atoms with Crippen LogP contribution in [0.2, 0.25) is 0 Å². The van der Waals surface area contributed by atoms with Gasteiger partial charge < -0.3 is 26.4 Å². The lowest BCUT2D eigenvalue weighted by Gasteiger charge is -2.15. The summed E-state index contributed by atoms with van der Waals surface area (Å²) in [6, 6.07) is 0. The Kier molecular flexibility index (Phi) is 7.45. The first-order valence-electron chi connectivity index (χ1n) is 4.87. The van der Waals surface area contributed by atoms with E-state index in [4.69, 9.17) is 11.5 Å². The van der Waals surface area contributed by atoms with Crippen LogP contribution in [0.25, 0.3) is 0 Å². The lowest BCUT2D eigenvalue weighted by molar-refractivity contribution is -0.117. The number of rotatable bonds is 7. The Balaban J connectivity index is 4.67. The van der Waals surface area contributed by atoms with Gasteiger partial charge in [0.25, 0.3) is 5.91 Å². The smallest absolute Gasteiger partial charge is 0.271 e. The molecular formula is C10H18N4O2. The molecule has 0 aromatic carbocycles. The topological polar surface area (TPSA) is 85.4 Å². The van der Waals surface area contributed by atoms with Crippen molar-refractivity contribution in [2.24, 2.45) is 0 Å². The van der Waals surface area contributed by atoms with E-state index in [2.05, 4.69) is 27.2 Å². The molecule has 0 aliphatic rings. The molecule has 0 heterocycles. The van der Waals surface area contributed by atoms with Crippen molar-refractivity contribution in [1.82, 2.24) is 21.3 Å². The van der Waals surface area contributed by atoms with Crippen molar-refractivity contribution in [2.75, 3.05) is 33.8 Å². The van der Waals surface area contributed by atoms with Gasteiger partial charge in [0.2, 0.25) is 0 Å². The highest BCUT2D eigenvalue weighted by molar-refractivity contribution is 5.93.